The molecule has 282 valence electrons. The van der Waals surface area contributed by atoms with Gasteiger partial charge in [-0.15, -0.1) is 11.3 Å². The predicted octanol–water partition coefficient (Wildman–Crippen LogP) is 16.4. The van der Waals surface area contributed by atoms with Crippen LogP contribution in [0.15, 0.2) is 206 Å². The number of rotatable bonds is 4. The van der Waals surface area contributed by atoms with Crippen LogP contribution in [0, 0.1) is 0 Å². The van der Waals surface area contributed by atoms with Gasteiger partial charge in [-0.2, -0.15) is 0 Å². The van der Waals surface area contributed by atoms with Crippen molar-refractivity contribution in [3.8, 4) is 44.6 Å². The highest BCUT2D eigenvalue weighted by atomic mass is 32.1. The third kappa shape index (κ3) is 5.21. The standard InChI is InChI=1S/C58H34N2S/c1-2-14-38-37(13-1)36(35-25-32-56-53(33-35)50-21-11-12-24-55(50)61-56)26-27-45(38)46-28-29-47(40-16-4-3-15-39(40)46)48-30-31-49(42-18-6-5-17-41(42)48)54-34-59-57-51-22-9-7-19-43(51)44-20-8-10-23-52(44)58(57)60-54/h1-34H. The van der Waals surface area contributed by atoms with Crippen molar-refractivity contribution in [1.82, 2.24) is 9.97 Å². The first kappa shape index (κ1) is 34.2. The highest BCUT2D eigenvalue weighted by Gasteiger charge is 2.18. The molecule has 11 aromatic carbocycles. The third-order valence-electron chi connectivity index (χ3n) is 12.7. The second kappa shape index (κ2) is 13.4. The Hall–Kier alpha value is -7.72. The molecule has 0 aliphatic heterocycles. The molecule has 0 atom stereocenters. The quantitative estimate of drug-likeness (QED) is 0.166. The minimum Gasteiger partial charge on any atom is -0.252 e. The lowest BCUT2D eigenvalue weighted by Crippen LogP contribution is -1.94. The summed E-state index contributed by atoms with van der Waals surface area (Å²) in [6, 6.07) is 73.1. The molecule has 13 aromatic rings. The van der Waals surface area contributed by atoms with Gasteiger partial charge in [-0.3, -0.25) is 4.98 Å². The van der Waals surface area contributed by atoms with Crippen LogP contribution < -0.4 is 0 Å². The van der Waals surface area contributed by atoms with Gasteiger partial charge in [-0.25, -0.2) is 4.98 Å². The molecule has 13 rings (SSSR count). The van der Waals surface area contributed by atoms with Crippen molar-refractivity contribution in [2.45, 2.75) is 0 Å². The summed E-state index contributed by atoms with van der Waals surface area (Å²) in [4.78, 5) is 10.5. The molecule has 0 spiro atoms. The summed E-state index contributed by atoms with van der Waals surface area (Å²) in [6.07, 6.45) is 1.95. The number of hydrogen-bond acceptors (Lipinski definition) is 3. The molecule has 0 aliphatic carbocycles. The van der Waals surface area contributed by atoms with E-state index in [1.165, 1.54) is 91.3 Å². The maximum absolute atomic E-state index is 5.38. The van der Waals surface area contributed by atoms with E-state index in [-0.39, 0.29) is 0 Å². The molecule has 0 saturated carbocycles. The normalized spacial score (nSPS) is 11.9. The first-order valence-electron chi connectivity index (χ1n) is 20.8. The highest BCUT2D eigenvalue weighted by Crippen LogP contribution is 2.45. The minimum absolute atomic E-state index is 0.870. The molecule has 0 radical (unpaired) electrons. The van der Waals surface area contributed by atoms with E-state index < -0.39 is 0 Å². The lowest BCUT2D eigenvalue weighted by molar-refractivity contribution is 1.31. The fourth-order valence-corrected chi connectivity index (χ4v) is 11.0. The van der Waals surface area contributed by atoms with Gasteiger partial charge in [0.05, 0.1) is 22.9 Å². The van der Waals surface area contributed by atoms with Crippen LogP contribution in [0.25, 0.3) is 130 Å². The third-order valence-corrected chi connectivity index (χ3v) is 13.9. The van der Waals surface area contributed by atoms with E-state index in [0.717, 1.165) is 38.4 Å². The summed E-state index contributed by atoms with van der Waals surface area (Å²) < 4.78 is 2.65. The van der Waals surface area contributed by atoms with E-state index in [1.807, 2.05) is 17.5 Å². The number of fused-ring (bicyclic) bond motifs is 12. The maximum Gasteiger partial charge on any atom is 0.0979 e. The summed E-state index contributed by atoms with van der Waals surface area (Å²) in [7, 11) is 0. The van der Waals surface area contributed by atoms with Crippen molar-refractivity contribution in [2.24, 2.45) is 0 Å². The smallest absolute Gasteiger partial charge is 0.0979 e. The first-order valence-corrected chi connectivity index (χ1v) is 21.6. The molecule has 3 heteroatoms. The van der Waals surface area contributed by atoms with Gasteiger partial charge in [-0.1, -0.05) is 182 Å². The van der Waals surface area contributed by atoms with Crippen LogP contribution >= 0.6 is 11.3 Å². The van der Waals surface area contributed by atoms with Gasteiger partial charge in [0.2, 0.25) is 0 Å². The lowest BCUT2D eigenvalue weighted by Gasteiger charge is -2.17. The van der Waals surface area contributed by atoms with Crippen molar-refractivity contribution in [1.29, 1.82) is 0 Å². The second-order valence-electron chi connectivity index (χ2n) is 16.0. The topological polar surface area (TPSA) is 25.8 Å². The monoisotopic (exact) mass is 790 g/mol. The molecule has 2 aromatic heterocycles. The Labute approximate surface area is 355 Å². The molecule has 0 aliphatic rings. The molecule has 0 unspecified atom stereocenters. The van der Waals surface area contributed by atoms with Crippen LogP contribution in [0.5, 0.6) is 0 Å². The zero-order chi connectivity index (χ0) is 40.0. The van der Waals surface area contributed by atoms with Gasteiger partial charge >= 0.3 is 0 Å². The van der Waals surface area contributed by atoms with E-state index in [4.69, 9.17) is 9.97 Å². The van der Waals surface area contributed by atoms with Crippen LogP contribution in [-0.4, -0.2) is 9.97 Å². The van der Waals surface area contributed by atoms with Crippen LogP contribution in [0.4, 0.5) is 0 Å². The van der Waals surface area contributed by atoms with Crippen molar-refractivity contribution in [2.75, 3.05) is 0 Å². The van der Waals surface area contributed by atoms with Gasteiger partial charge in [0, 0.05) is 36.5 Å². The van der Waals surface area contributed by atoms with Crippen LogP contribution in [0.3, 0.4) is 0 Å². The van der Waals surface area contributed by atoms with Crippen LogP contribution in [-0.2, 0) is 0 Å². The Balaban J connectivity index is 0.954. The highest BCUT2D eigenvalue weighted by molar-refractivity contribution is 7.25. The zero-order valence-electron chi connectivity index (χ0n) is 32.9. The molecule has 61 heavy (non-hydrogen) atoms. The fourth-order valence-electron chi connectivity index (χ4n) is 9.96. The zero-order valence-corrected chi connectivity index (χ0v) is 33.7. The van der Waals surface area contributed by atoms with E-state index in [2.05, 4.69) is 200 Å². The van der Waals surface area contributed by atoms with Crippen molar-refractivity contribution in [3.05, 3.63) is 206 Å². The fraction of sp³-hybridized carbons (Fsp3) is 0. The summed E-state index contributed by atoms with van der Waals surface area (Å²) in [5, 5.41) is 14.6. The van der Waals surface area contributed by atoms with Gasteiger partial charge in [0.1, 0.15) is 0 Å². The number of aromatic nitrogens is 2. The van der Waals surface area contributed by atoms with Gasteiger partial charge in [0.15, 0.2) is 0 Å². The molecule has 0 saturated heterocycles. The summed E-state index contributed by atoms with van der Waals surface area (Å²) >= 11 is 1.86. The van der Waals surface area contributed by atoms with E-state index >= 15 is 0 Å². The molecule has 0 bridgehead atoms. The van der Waals surface area contributed by atoms with Crippen molar-refractivity contribution in [3.63, 3.8) is 0 Å². The molecular formula is C58H34N2S. The number of benzene rings is 11. The molecule has 2 heterocycles. The number of hydrogen-bond donors (Lipinski definition) is 0. The molecule has 0 fully saturated rings. The molecule has 0 N–H and O–H groups in total. The van der Waals surface area contributed by atoms with Crippen molar-refractivity contribution >= 4 is 96.4 Å². The van der Waals surface area contributed by atoms with E-state index in [9.17, 15) is 0 Å². The molecule has 2 nitrogen and oxygen atoms in total. The summed E-state index contributed by atoms with van der Waals surface area (Å²) in [5.74, 6) is 0. The Kier molecular flexibility index (Phi) is 7.51. The number of thiophene rings is 1. The Bertz CT molecular complexity index is 3920. The Morgan fingerprint density at radius 1 is 0.279 bits per heavy atom. The lowest BCUT2D eigenvalue weighted by atomic mass is 9.86. The van der Waals surface area contributed by atoms with Crippen LogP contribution in [0.1, 0.15) is 0 Å². The molecular weight excluding hydrogens is 757 g/mol. The summed E-state index contributed by atoms with van der Waals surface area (Å²) in [5.41, 5.74) is 11.2. The van der Waals surface area contributed by atoms with Gasteiger partial charge in [0.25, 0.3) is 0 Å². The van der Waals surface area contributed by atoms with E-state index in [0.29, 0.717) is 0 Å². The van der Waals surface area contributed by atoms with Gasteiger partial charge in [-0.05, 0) is 94.7 Å². The van der Waals surface area contributed by atoms with Crippen molar-refractivity contribution < 1.29 is 0 Å². The average molecular weight is 791 g/mol. The predicted molar refractivity (Wildman–Crippen MR) is 262 cm³/mol. The van der Waals surface area contributed by atoms with Crippen LogP contribution in [0.2, 0.25) is 0 Å². The second-order valence-corrected chi connectivity index (χ2v) is 17.1. The first-order chi connectivity index (χ1) is 30.3. The number of nitrogens with zero attached hydrogens (tertiary/aromatic N) is 2. The average Bonchev–Trinajstić information content (AvgIpc) is 3.71. The largest absolute Gasteiger partial charge is 0.252 e. The Morgan fingerprint density at radius 2 is 0.672 bits per heavy atom. The summed E-state index contributed by atoms with van der Waals surface area (Å²) in [6.45, 7) is 0. The Morgan fingerprint density at radius 3 is 1.23 bits per heavy atom. The minimum atomic E-state index is 0.870. The van der Waals surface area contributed by atoms with E-state index in [1.54, 1.807) is 0 Å². The molecule has 0 amide bonds. The SMILES string of the molecule is c1ccc2c(c1)sc1ccc(-c3ccc(-c4ccc(-c5ccc(-c6cnc7c8ccccc8c8ccccc8c7n6)c6ccccc56)c5ccccc45)c4ccccc34)cc12. The maximum atomic E-state index is 5.38. The van der Waals surface area contributed by atoms with Gasteiger partial charge < -0.3 is 0 Å².